The van der Waals surface area contributed by atoms with Gasteiger partial charge in [0.15, 0.2) is 6.61 Å². The van der Waals surface area contributed by atoms with Crippen molar-refractivity contribution in [2.24, 2.45) is 0 Å². The van der Waals surface area contributed by atoms with Gasteiger partial charge in [0, 0.05) is 21.1 Å². The minimum absolute atomic E-state index is 0.0929. The molecule has 26 heavy (non-hydrogen) atoms. The van der Waals surface area contributed by atoms with Crippen LogP contribution in [0.4, 0.5) is 5.69 Å². The number of ether oxygens (including phenoxy) is 2. The van der Waals surface area contributed by atoms with E-state index < -0.39 is 18.5 Å². The lowest BCUT2D eigenvalue weighted by molar-refractivity contribution is -0.119. The molecule has 134 valence electrons. The Balaban J connectivity index is 1.63. The largest absolute Gasteiger partial charge is 0.497 e. The SMILES string of the molecule is COc1ccc(NC(=O)COC(=O)c2oc3ccc(Br)cc3c2C)cc1. The number of furan rings is 1. The molecular formula is C19H16BrNO5. The number of amides is 1. The minimum atomic E-state index is -0.681. The second-order valence-electron chi connectivity index (χ2n) is 5.55. The Morgan fingerprint density at radius 2 is 1.88 bits per heavy atom. The summed E-state index contributed by atoms with van der Waals surface area (Å²) in [6.45, 7) is 1.36. The molecular weight excluding hydrogens is 402 g/mol. The number of carbonyl (C=O) groups is 2. The first kappa shape index (κ1) is 18.0. The number of nitrogens with one attached hydrogen (secondary N) is 1. The van der Waals surface area contributed by atoms with Gasteiger partial charge in [-0.25, -0.2) is 4.79 Å². The predicted octanol–water partition coefficient (Wildman–Crippen LogP) is 4.31. The molecule has 0 radical (unpaired) electrons. The molecule has 2 aromatic carbocycles. The van der Waals surface area contributed by atoms with Gasteiger partial charge >= 0.3 is 5.97 Å². The second-order valence-corrected chi connectivity index (χ2v) is 6.47. The third-order valence-electron chi connectivity index (χ3n) is 3.79. The van der Waals surface area contributed by atoms with Gasteiger partial charge in [0.2, 0.25) is 5.76 Å². The summed E-state index contributed by atoms with van der Waals surface area (Å²) in [7, 11) is 1.56. The Morgan fingerprint density at radius 1 is 1.15 bits per heavy atom. The summed E-state index contributed by atoms with van der Waals surface area (Å²) >= 11 is 3.38. The molecule has 1 heterocycles. The highest BCUT2D eigenvalue weighted by atomic mass is 79.9. The van der Waals surface area contributed by atoms with E-state index in [1.807, 2.05) is 12.1 Å². The zero-order valence-electron chi connectivity index (χ0n) is 14.2. The summed E-state index contributed by atoms with van der Waals surface area (Å²) in [4.78, 5) is 24.2. The average Bonchev–Trinajstić information content (AvgIpc) is 2.97. The highest BCUT2D eigenvalue weighted by Gasteiger charge is 2.20. The maximum atomic E-state index is 12.2. The molecule has 0 aliphatic rings. The summed E-state index contributed by atoms with van der Waals surface area (Å²) in [6.07, 6.45) is 0. The van der Waals surface area contributed by atoms with Gasteiger partial charge in [-0.15, -0.1) is 0 Å². The zero-order valence-corrected chi connectivity index (χ0v) is 15.8. The van der Waals surface area contributed by atoms with Gasteiger partial charge in [0.25, 0.3) is 5.91 Å². The van der Waals surface area contributed by atoms with E-state index in [1.165, 1.54) is 0 Å². The van der Waals surface area contributed by atoms with E-state index in [-0.39, 0.29) is 5.76 Å². The number of anilines is 1. The Labute approximate surface area is 158 Å². The van der Waals surface area contributed by atoms with Crippen LogP contribution in [0.25, 0.3) is 11.0 Å². The fourth-order valence-corrected chi connectivity index (χ4v) is 2.82. The average molecular weight is 418 g/mol. The maximum absolute atomic E-state index is 12.2. The lowest BCUT2D eigenvalue weighted by Gasteiger charge is -2.07. The number of halogens is 1. The van der Waals surface area contributed by atoms with Crippen LogP contribution in [0.15, 0.2) is 51.4 Å². The molecule has 0 aliphatic carbocycles. The molecule has 0 spiro atoms. The summed E-state index contributed by atoms with van der Waals surface area (Å²) < 4.78 is 16.5. The van der Waals surface area contributed by atoms with Crippen LogP contribution in [-0.4, -0.2) is 25.6 Å². The third-order valence-corrected chi connectivity index (χ3v) is 4.29. The number of esters is 1. The molecule has 3 rings (SSSR count). The van der Waals surface area contributed by atoms with Crippen LogP contribution in [0.5, 0.6) is 5.75 Å². The van der Waals surface area contributed by atoms with E-state index in [2.05, 4.69) is 21.2 Å². The minimum Gasteiger partial charge on any atom is -0.497 e. The van der Waals surface area contributed by atoms with E-state index in [1.54, 1.807) is 44.4 Å². The van der Waals surface area contributed by atoms with Crippen LogP contribution < -0.4 is 10.1 Å². The molecule has 0 unspecified atom stereocenters. The summed E-state index contributed by atoms with van der Waals surface area (Å²) in [6, 6.07) is 12.3. The highest BCUT2D eigenvalue weighted by molar-refractivity contribution is 9.10. The number of hydrogen-bond donors (Lipinski definition) is 1. The number of aryl methyl sites for hydroxylation is 1. The number of benzene rings is 2. The topological polar surface area (TPSA) is 77.8 Å². The first-order valence-corrected chi connectivity index (χ1v) is 8.57. The predicted molar refractivity (Wildman–Crippen MR) is 101 cm³/mol. The van der Waals surface area contributed by atoms with Gasteiger partial charge in [0.05, 0.1) is 7.11 Å². The van der Waals surface area contributed by atoms with Gasteiger partial charge in [-0.2, -0.15) is 0 Å². The van der Waals surface area contributed by atoms with Crippen LogP contribution >= 0.6 is 15.9 Å². The monoisotopic (exact) mass is 417 g/mol. The Morgan fingerprint density at radius 3 is 2.58 bits per heavy atom. The summed E-state index contributed by atoms with van der Waals surface area (Å²) in [5.74, 6) is -0.350. The third kappa shape index (κ3) is 3.88. The van der Waals surface area contributed by atoms with Crippen LogP contribution in [0.1, 0.15) is 16.1 Å². The van der Waals surface area contributed by atoms with Crippen LogP contribution in [0, 0.1) is 6.92 Å². The van der Waals surface area contributed by atoms with Crippen molar-refractivity contribution >= 4 is 44.5 Å². The maximum Gasteiger partial charge on any atom is 0.375 e. The second kappa shape index (κ2) is 7.61. The molecule has 1 aromatic heterocycles. The fourth-order valence-electron chi connectivity index (χ4n) is 2.46. The fraction of sp³-hybridized carbons (Fsp3) is 0.158. The normalized spacial score (nSPS) is 10.6. The molecule has 0 bridgehead atoms. The smallest absolute Gasteiger partial charge is 0.375 e. The van der Waals surface area contributed by atoms with Crippen molar-refractivity contribution in [3.63, 3.8) is 0 Å². The van der Waals surface area contributed by atoms with Gasteiger partial charge < -0.3 is 19.2 Å². The quantitative estimate of drug-likeness (QED) is 0.625. The van der Waals surface area contributed by atoms with Crippen molar-refractivity contribution in [1.29, 1.82) is 0 Å². The molecule has 7 heteroatoms. The highest BCUT2D eigenvalue weighted by Crippen LogP contribution is 2.28. The van der Waals surface area contributed by atoms with Crippen LogP contribution in [-0.2, 0) is 9.53 Å². The lowest BCUT2D eigenvalue weighted by Crippen LogP contribution is -2.21. The Bertz CT molecular complexity index is 962. The van der Waals surface area contributed by atoms with Gasteiger partial charge in [0.1, 0.15) is 11.3 Å². The van der Waals surface area contributed by atoms with Crippen molar-refractivity contribution in [3.8, 4) is 5.75 Å². The van der Waals surface area contributed by atoms with E-state index in [0.29, 0.717) is 22.6 Å². The number of carbonyl (C=O) groups excluding carboxylic acids is 2. The molecule has 0 saturated heterocycles. The molecule has 0 atom stereocenters. The molecule has 6 nitrogen and oxygen atoms in total. The number of fused-ring (bicyclic) bond motifs is 1. The van der Waals surface area contributed by atoms with E-state index in [9.17, 15) is 9.59 Å². The first-order chi connectivity index (χ1) is 12.5. The number of methoxy groups -OCH3 is 1. The van der Waals surface area contributed by atoms with Crippen molar-refractivity contribution < 1.29 is 23.5 Å². The van der Waals surface area contributed by atoms with Crippen molar-refractivity contribution in [2.45, 2.75) is 6.92 Å². The molecule has 1 N–H and O–H groups in total. The summed E-state index contributed by atoms with van der Waals surface area (Å²) in [5.41, 5.74) is 1.83. The van der Waals surface area contributed by atoms with Gasteiger partial charge in [-0.3, -0.25) is 4.79 Å². The van der Waals surface area contributed by atoms with E-state index in [0.717, 1.165) is 9.86 Å². The first-order valence-electron chi connectivity index (χ1n) is 7.77. The lowest BCUT2D eigenvalue weighted by atomic mass is 10.1. The molecule has 1 amide bonds. The molecule has 0 fully saturated rings. The van der Waals surface area contributed by atoms with Gasteiger partial charge in [-0.05, 0) is 49.4 Å². The Hall–Kier alpha value is -2.80. The number of rotatable bonds is 5. The van der Waals surface area contributed by atoms with Crippen LogP contribution in [0.2, 0.25) is 0 Å². The van der Waals surface area contributed by atoms with Gasteiger partial charge in [-0.1, -0.05) is 15.9 Å². The van der Waals surface area contributed by atoms with Crippen molar-refractivity contribution in [2.75, 3.05) is 19.0 Å². The summed E-state index contributed by atoms with van der Waals surface area (Å²) in [5, 5.41) is 3.45. The molecule has 0 saturated carbocycles. The van der Waals surface area contributed by atoms with Crippen molar-refractivity contribution in [1.82, 2.24) is 0 Å². The molecule has 3 aromatic rings. The van der Waals surface area contributed by atoms with E-state index >= 15 is 0 Å². The molecule has 0 aliphatic heterocycles. The van der Waals surface area contributed by atoms with Crippen molar-refractivity contribution in [3.05, 3.63) is 58.3 Å². The zero-order chi connectivity index (χ0) is 18.7. The standard InChI is InChI=1S/C19H16BrNO5/c1-11-15-9-12(20)3-8-16(15)26-18(11)19(23)25-10-17(22)21-13-4-6-14(24-2)7-5-13/h3-9H,10H2,1-2H3,(H,21,22). The van der Waals surface area contributed by atoms with E-state index in [4.69, 9.17) is 13.9 Å². The van der Waals surface area contributed by atoms with Crippen LogP contribution in [0.3, 0.4) is 0 Å². The Kier molecular flexibility index (Phi) is 5.27. The number of hydrogen-bond acceptors (Lipinski definition) is 5.